The van der Waals surface area contributed by atoms with Crippen molar-refractivity contribution >= 4 is 44.2 Å². The monoisotopic (exact) mass is 451 g/mol. The van der Waals surface area contributed by atoms with Crippen molar-refractivity contribution in [3.8, 4) is 0 Å². The van der Waals surface area contributed by atoms with Gasteiger partial charge in [0, 0.05) is 25.4 Å². The number of benzene rings is 3. The molecule has 0 fully saturated rings. The third-order valence-corrected chi connectivity index (χ3v) is 7.62. The molecular formula is C23H21N3O3S2. The number of carbonyl (C=O) groups is 1. The molecule has 0 aliphatic carbocycles. The second kappa shape index (κ2) is 8.66. The van der Waals surface area contributed by atoms with Crippen LogP contribution in [0.2, 0.25) is 0 Å². The zero-order valence-corrected chi connectivity index (χ0v) is 18.7. The van der Waals surface area contributed by atoms with E-state index in [2.05, 4.69) is 0 Å². The van der Waals surface area contributed by atoms with Crippen LogP contribution in [0.5, 0.6) is 0 Å². The van der Waals surface area contributed by atoms with E-state index < -0.39 is 10.0 Å². The topological polar surface area (TPSA) is 70.1 Å². The number of carbonyl (C=O) groups excluding carboxylic acids is 1. The second-order valence-electron chi connectivity index (χ2n) is 7.10. The van der Waals surface area contributed by atoms with Gasteiger partial charge in [0.15, 0.2) is 5.17 Å². The number of hydrogen-bond acceptors (Lipinski definition) is 5. The van der Waals surface area contributed by atoms with E-state index in [0.29, 0.717) is 10.9 Å². The van der Waals surface area contributed by atoms with Crippen LogP contribution >= 0.6 is 11.8 Å². The van der Waals surface area contributed by atoms with E-state index in [0.717, 1.165) is 21.2 Å². The summed E-state index contributed by atoms with van der Waals surface area (Å²) in [7, 11) is -0.731. The van der Waals surface area contributed by atoms with E-state index in [1.807, 2.05) is 54.6 Å². The highest BCUT2D eigenvalue weighted by atomic mass is 32.2. The Bertz CT molecular complexity index is 1260. The molecule has 4 rings (SSSR count). The lowest BCUT2D eigenvalue weighted by atomic mass is 10.1. The Morgan fingerprint density at radius 1 is 0.968 bits per heavy atom. The number of nitrogens with zero attached hydrogens (tertiary/aromatic N) is 3. The van der Waals surface area contributed by atoms with Crippen molar-refractivity contribution in [1.29, 1.82) is 0 Å². The summed E-state index contributed by atoms with van der Waals surface area (Å²) in [5, 5.41) is 0.552. The van der Waals surface area contributed by atoms with Gasteiger partial charge in [-0.1, -0.05) is 54.2 Å². The molecule has 1 aliphatic rings. The molecule has 0 saturated carbocycles. The van der Waals surface area contributed by atoms with Crippen molar-refractivity contribution in [2.24, 2.45) is 4.99 Å². The minimum Gasteiger partial charge on any atom is -0.268 e. The van der Waals surface area contributed by atoms with Crippen LogP contribution in [-0.4, -0.2) is 37.9 Å². The van der Waals surface area contributed by atoms with E-state index in [-0.39, 0.29) is 16.4 Å². The van der Waals surface area contributed by atoms with Crippen LogP contribution in [0.25, 0.3) is 0 Å². The summed E-state index contributed by atoms with van der Waals surface area (Å²) in [4.78, 5) is 20.0. The predicted octanol–water partition coefficient (Wildman–Crippen LogP) is 4.52. The smallest absolute Gasteiger partial charge is 0.264 e. The average molecular weight is 452 g/mol. The molecule has 1 heterocycles. The molecule has 3 aromatic rings. The average Bonchev–Trinajstić information content (AvgIpc) is 2.79. The molecule has 0 radical (unpaired) electrons. The third-order valence-electron chi connectivity index (χ3n) is 4.82. The number of amidine groups is 1. The molecular weight excluding hydrogens is 430 g/mol. The molecule has 0 unspecified atom stereocenters. The SMILES string of the molecule is CN(C)S(=O)(=O)c1cccc(C(=O)N2C(=Nc3ccccc3)SCc3ccccc32)c1. The minimum atomic E-state index is -3.66. The normalized spacial score (nSPS) is 15.2. The van der Waals surface area contributed by atoms with Gasteiger partial charge in [-0.2, -0.15) is 0 Å². The van der Waals surface area contributed by atoms with Gasteiger partial charge in [0.05, 0.1) is 16.3 Å². The molecule has 0 spiro atoms. The van der Waals surface area contributed by atoms with Crippen molar-refractivity contribution < 1.29 is 13.2 Å². The Kier molecular flexibility index (Phi) is 5.95. The molecule has 8 heteroatoms. The Morgan fingerprint density at radius 3 is 2.42 bits per heavy atom. The van der Waals surface area contributed by atoms with Gasteiger partial charge in [0.1, 0.15) is 0 Å². The van der Waals surface area contributed by atoms with Crippen molar-refractivity contribution in [2.75, 3.05) is 19.0 Å². The number of aliphatic imine (C=N–C) groups is 1. The zero-order chi connectivity index (χ0) is 22.0. The lowest BCUT2D eigenvalue weighted by Crippen LogP contribution is -2.38. The molecule has 3 aromatic carbocycles. The molecule has 1 amide bonds. The van der Waals surface area contributed by atoms with Crippen LogP contribution in [0.4, 0.5) is 11.4 Å². The molecule has 0 bridgehead atoms. The Labute approximate surface area is 186 Å². The first-order chi connectivity index (χ1) is 14.9. The number of thioether (sulfide) groups is 1. The first-order valence-electron chi connectivity index (χ1n) is 9.59. The summed E-state index contributed by atoms with van der Waals surface area (Å²) < 4.78 is 26.3. The van der Waals surface area contributed by atoms with Gasteiger partial charge in [-0.3, -0.25) is 9.69 Å². The van der Waals surface area contributed by atoms with Gasteiger partial charge in [-0.15, -0.1) is 0 Å². The van der Waals surface area contributed by atoms with Gasteiger partial charge in [0.2, 0.25) is 10.0 Å². The van der Waals surface area contributed by atoms with Crippen molar-refractivity contribution in [3.63, 3.8) is 0 Å². The molecule has 0 atom stereocenters. The first-order valence-corrected chi connectivity index (χ1v) is 12.0. The molecule has 31 heavy (non-hydrogen) atoms. The standard InChI is InChI=1S/C23H21N3O3S2/c1-25(2)31(28,29)20-13-8-10-17(15-20)22(27)26-21-14-7-6-9-18(21)16-30-23(26)24-19-11-4-3-5-12-19/h3-15H,16H2,1-2H3. The first kappa shape index (κ1) is 21.3. The summed E-state index contributed by atoms with van der Waals surface area (Å²) in [5.41, 5.74) is 2.79. The van der Waals surface area contributed by atoms with Crippen LogP contribution in [0.1, 0.15) is 15.9 Å². The molecule has 1 aliphatic heterocycles. The summed E-state index contributed by atoms with van der Waals surface area (Å²) in [6.07, 6.45) is 0. The summed E-state index contributed by atoms with van der Waals surface area (Å²) in [6, 6.07) is 23.2. The predicted molar refractivity (Wildman–Crippen MR) is 125 cm³/mol. The maximum absolute atomic E-state index is 13.6. The Balaban J connectivity index is 1.81. The number of fused-ring (bicyclic) bond motifs is 1. The second-order valence-corrected chi connectivity index (χ2v) is 10.2. The molecule has 0 saturated heterocycles. The number of anilines is 1. The van der Waals surface area contributed by atoms with E-state index in [9.17, 15) is 13.2 Å². The van der Waals surface area contributed by atoms with Crippen LogP contribution < -0.4 is 4.90 Å². The highest BCUT2D eigenvalue weighted by Crippen LogP contribution is 2.36. The summed E-state index contributed by atoms with van der Waals surface area (Å²) in [5.74, 6) is 0.367. The van der Waals surface area contributed by atoms with Crippen LogP contribution in [0, 0.1) is 0 Å². The highest BCUT2D eigenvalue weighted by molar-refractivity contribution is 8.13. The zero-order valence-electron chi connectivity index (χ0n) is 17.1. The van der Waals surface area contributed by atoms with Gasteiger partial charge in [0.25, 0.3) is 5.91 Å². The number of rotatable bonds is 4. The highest BCUT2D eigenvalue weighted by Gasteiger charge is 2.30. The fourth-order valence-corrected chi connectivity index (χ4v) is 5.14. The fraction of sp³-hybridized carbons (Fsp3) is 0.130. The van der Waals surface area contributed by atoms with Gasteiger partial charge in [-0.05, 0) is 42.0 Å². The minimum absolute atomic E-state index is 0.0721. The Hall–Kier alpha value is -2.94. The lowest BCUT2D eigenvalue weighted by Gasteiger charge is -2.30. The van der Waals surface area contributed by atoms with E-state index in [1.165, 1.54) is 38.0 Å². The van der Waals surface area contributed by atoms with Crippen LogP contribution in [0.15, 0.2) is 88.8 Å². The summed E-state index contributed by atoms with van der Waals surface area (Å²) in [6.45, 7) is 0. The molecule has 6 nitrogen and oxygen atoms in total. The number of sulfonamides is 1. The van der Waals surface area contributed by atoms with Crippen molar-refractivity contribution in [3.05, 3.63) is 90.0 Å². The molecule has 0 N–H and O–H groups in total. The molecule has 158 valence electrons. The van der Waals surface area contributed by atoms with Gasteiger partial charge < -0.3 is 0 Å². The largest absolute Gasteiger partial charge is 0.268 e. The maximum atomic E-state index is 13.6. The number of hydrogen-bond donors (Lipinski definition) is 0. The fourth-order valence-electron chi connectivity index (χ4n) is 3.18. The quantitative estimate of drug-likeness (QED) is 0.585. The number of para-hydroxylation sites is 2. The van der Waals surface area contributed by atoms with Crippen molar-refractivity contribution in [2.45, 2.75) is 10.6 Å². The van der Waals surface area contributed by atoms with Gasteiger partial charge in [-0.25, -0.2) is 17.7 Å². The van der Waals surface area contributed by atoms with Crippen LogP contribution in [-0.2, 0) is 15.8 Å². The van der Waals surface area contributed by atoms with E-state index in [1.54, 1.807) is 17.0 Å². The summed E-state index contributed by atoms with van der Waals surface area (Å²) >= 11 is 1.48. The van der Waals surface area contributed by atoms with Crippen molar-refractivity contribution in [1.82, 2.24) is 4.31 Å². The van der Waals surface area contributed by atoms with Crippen LogP contribution in [0.3, 0.4) is 0 Å². The lowest BCUT2D eigenvalue weighted by molar-refractivity contribution is 0.100. The maximum Gasteiger partial charge on any atom is 0.264 e. The van der Waals surface area contributed by atoms with E-state index in [4.69, 9.17) is 4.99 Å². The Morgan fingerprint density at radius 2 is 1.68 bits per heavy atom. The third kappa shape index (κ3) is 4.27. The molecule has 0 aromatic heterocycles. The number of amides is 1. The van der Waals surface area contributed by atoms with E-state index >= 15 is 0 Å². The van der Waals surface area contributed by atoms with Gasteiger partial charge >= 0.3 is 0 Å².